The highest BCUT2D eigenvalue weighted by atomic mass is 16.3. The van der Waals surface area contributed by atoms with Crippen LogP contribution in [0.3, 0.4) is 0 Å². The minimum absolute atomic E-state index is 0.00404. The fraction of sp³-hybridized carbons (Fsp3) is 0.379. The van der Waals surface area contributed by atoms with Crippen molar-refractivity contribution in [3.8, 4) is 0 Å². The van der Waals surface area contributed by atoms with Gasteiger partial charge in [-0.1, -0.05) is 105 Å². The molecule has 0 amide bonds. The van der Waals surface area contributed by atoms with Crippen LogP contribution in [0.2, 0.25) is 0 Å². The van der Waals surface area contributed by atoms with Gasteiger partial charge in [-0.3, -0.25) is 4.90 Å². The SMILES string of the molecule is CC(C)CCNC[C@@H](O)[C@H](Cc1ccccc1)N(Cc1ccccc1)Cc1ccccc1. The summed E-state index contributed by atoms with van der Waals surface area (Å²) in [4.78, 5) is 2.44. The highest BCUT2D eigenvalue weighted by molar-refractivity contribution is 5.20. The Balaban J connectivity index is 1.82. The third-order valence-electron chi connectivity index (χ3n) is 5.91. The molecule has 170 valence electrons. The monoisotopic (exact) mass is 430 g/mol. The molecule has 0 aliphatic heterocycles. The molecule has 32 heavy (non-hydrogen) atoms. The van der Waals surface area contributed by atoms with E-state index in [0.29, 0.717) is 12.5 Å². The summed E-state index contributed by atoms with van der Waals surface area (Å²) >= 11 is 0. The standard InChI is InChI=1S/C29H38N2O/c1-24(2)18-19-30-21-29(32)28(20-25-12-6-3-7-13-25)31(22-26-14-8-4-9-15-26)23-27-16-10-5-11-17-27/h3-17,24,28-30,32H,18-23H2,1-2H3/t28-,29+/m0/s1. The van der Waals surface area contributed by atoms with E-state index in [2.05, 4.69) is 109 Å². The molecule has 0 aromatic heterocycles. The third-order valence-corrected chi connectivity index (χ3v) is 5.91. The Bertz CT molecular complexity index is 826. The van der Waals surface area contributed by atoms with Crippen molar-refractivity contribution in [2.24, 2.45) is 5.92 Å². The number of hydrogen-bond donors (Lipinski definition) is 2. The second-order valence-electron chi connectivity index (χ2n) is 9.09. The first-order chi connectivity index (χ1) is 15.6. The van der Waals surface area contributed by atoms with Gasteiger partial charge in [0.05, 0.1) is 6.10 Å². The maximum Gasteiger partial charge on any atom is 0.0822 e. The highest BCUT2D eigenvalue weighted by Gasteiger charge is 2.27. The molecule has 0 aliphatic carbocycles. The second-order valence-corrected chi connectivity index (χ2v) is 9.09. The van der Waals surface area contributed by atoms with Crippen LogP contribution in [0.25, 0.3) is 0 Å². The number of nitrogens with zero attached hydrogens (tertiary/aromatic N) is 1. The van der Waals surface area contributed by atoms with Crippen LogP contribution in [0.1, 0.15) is 37.0 Å². The van der Waals surface area contributed by atoms with Crippen LogP contribution >= 0.6 is 0 Å². The molecule has 0 heterocycles. The number of aliphatic hydroxyl groups excluding tert-OH is 1. The molecule has 3 aromatic carbocycles. The van der Waals surface area contributed by atoms with Crippen LogP contribution in [0.15, 0.2) is 91.0 Å². The third kappa shape index (κ3) is 8.23. The Labute approximate surface area is 194 Å². The average Bonchev–Trinajstić information content (AvgIpc) is 2.82. The number of nitrogens with one attached hydrogen (secondary N) is 1. The van der Waals surface area contributed by atoms with Crippen LogP contribution in [0.5, 0.6) is 0 Å². The quantitative estimate of drug-likeness (QED) is 0.361. The molecule has 0 saturated heterocycles. The van der Waals surface area contributed by atoms with Gasteiger partial charge in [0.15, 0.2) is 0 Å². The van der Waals surface area contributed by atoms with E-state index in [1.807, 2.05) is 6.07 Å². The van der Waals surface area contributed by atoms with Gasteiger partial charge in [0.25, 0.3) is 0 Å². The van der Waals surface area contributed by atoms with Crippen molar-refractivity contribution >= 4 is 0 Å². The molecule has 0 fully saturated rings. The topological polar surface area (TPSA) is 35.5 Å². The average molecular weight is 431 g/mol. The van der Waals surface area contributed by atoms with Gasteiger partial charge in [-0.15, -0.1) is 0 Å². The smallest absolute Gasteiger partial charge is 0.0822 e. The summed E-state index contributed by atoms with van der Waals surface area (Å²) in [7, 11) is 0. The van der Waals surface area contributed by atoms with Crippen molar-refractivity contribution in [1.29, 1.82) is 0 Å². The van der Waals surface area contributed by atoms with Crippen LogP contribution in [-0.2, 0) is 19.5 Å². The normalized spacial score (nSPS) is 13.4. The summed E-state index contributed by atoms with van der Waals surface area (Å²) < 4.78 is 0. The Morgan fingerprint density at radius 1 is 0.719 bits per heavy atom. The van der Waals surface area contributed by atoms with Crippen molar-refractivity contribution in [2.45, 2.75) is 51.9 Å². The minimum atomic E-state index is -0.463. The molecular formula is C29H38N2O. The van der Waals surface area contributed by atoms with E-state index in [0.717, 1.165) is 32.5 Å². The zero-order valence-electron chi connectivity index (χ0n) is 19.5. The molecular weight excluding hydrogens is 392 g/mol. The maximum absolute atomic E-state index is 11.4. The first kappa shape index (κ1) is 24.2. The van der Waals surface area contributed by atoms with Crippen LogP contribution in [-0.4, -0.2) is 35.2 Å². The van der Waals surface area contributed by atoms with Crippen molar-refractivity contribution in [1.82, 2.24) is 10.2 Å². The molecule has 0 unspecified atom stereocenters. The van der Waals surface area contributed by atoms with E-state index < -0.39 is 6.10 Å². The van der Waals surface area contributed by atoms with E-state index in [9.17, 15) is 5.11 Å². The van der Waals surface area contributed by atoms with E-state index in [4.69, 9.17) is 0 Å². The molecule has 2 atom stereocenters. The summed E-state index contributed by atoms with van der Waals surface area (Å²) in [5.74, 6) is 0.660. The Morgan fingerprint density at radius 3 is 1.66 bits per heavy atom. The van der Waals surface area contributed by atoms with Gasteiger partial charge in [-0.25, -0.2) is 0 Å². The molecule has 3 heteroatoms. The summed E-state index contributed by atoms with van der Waals surface area (Å²) in [6.45, 7) is 7.61. The zero-order valence-corrected chi connectivity index (χ0v) is 19.5. The summed E-state index contributed by atoms with van der Waals surface area (Å²) in [6.07, 6.45) is 1.47. The number of benzene rings is 3. The molecule has 3 rings (SSSR count). The van der Waals surface area contributed by atoms with Crippen molar-refractivity contribution < 1.29 is 5.11 Å². The maximum atomic E-state index is 11.4. The van der Waals surface area contributed by atoms with E-state index in [1.165, 1.54) is 16.7 Å². The van der Waals surface area contributed by atoms with E-state index >= 15 is 0 Å². The highest BCUT2D eigenvalue weighted by Crippen LogP contribution is 2.19. The number of aliphatic hydroxyl groups is 1. The first-order valence-corrected chi connectivity index (χ1v) is 11.9. The predicted molar refractivity (Wildman–Crippen MR) is 134 cm³/mol. The lowest BCUT2D eigenvalue weighted by molar-refractivity contribution is 0.0393. The largest absolute Gasteiger partial charge is 0.390 e. The lowest BCUT2D eigenvalue weighted by Crippen LogP contribution is -2.48. The van der Waals surface area contributed by atoms with Crippen molar-refractivity contribution in [2.75, 3.05) is 13.1 Å². The predicted octanol–water partition coefficient (Wildman–Crippen LogP) is 5.30. The van der Waals surface area contributed by atoms with E-state index in [1.54, 1.807) is 0 Å². The Kier molecular flexibility index (Phi) is 9.96. The van der Waals surface area contributed by atoms with Gasteiger partial charge >= 0.3 is 0 Å². The summed E-state index contributed by atoms with van der Waals surface area (Å²) in [5, 5.41) is 14.8. The van der Waals surface area contributed by atoms with Crippen LogP contribution in [0, 0.1) is 5.92 Å². The van der Waals surface area contributed by atoms with Gasteiger partial charge < -0.3 is 10.4 Å². The molecule has 0 spiro atoms. The lowest BCUT2D eigenvalue weighted by Gasteiger charge is -2.35. The number of hydrogen-bond acceptors (Lipinski definition) is 3. The van der Waals surface area contributed by atoms with Crippen molar-refractivity contribution in [3.05, 3.63) is 108 Å². The Morgan fingerprint density at radius 2 is 1.19 bits per heavy atom. The van der Waals surface area contributed by atoms with Crippen LogP contribution < -0.4 is 5.32 Å². The fourth-order valence-electron chi connectivity index (χ4n) is 4.07. The van der Waals surface area contributed by atoms with E-state index in [-0.39, 0.29) is 6.04 Å². The fourth-order valence-corrected chi connectivity index (χ4v) is 4.07. The molecule has 3 nitrogen and oxygen atoms in total. The molecule has 0 saturated carbocycles. The van der Waals surface area contributed by atoms with Gasteiger partial charge in [-0.2, -0.15) is 0 Å². The molecule has 2 N–H and O–H groups in total. The molecule has 0 radical (unpaired) electrons. The summed E-state index contributed by atoms with van der Waals surface area (Å²) in [5.41, 5.74) is 3.78. The Hall–Kier alpha value is -2.46. The van der Waals surface area contributed by atoms with Crippen molar-refractivity contribution in [3.63, 3.8) is 0 Å². The first-order valence-electron chi connectivity index (χ1n) is 11.9. The summed E-state index contributed by atoms with van der Waals surface area (Å²) in [6, 6.07) is 31.7. The van der Waals surface area contributed by atoms with Gasteiger partial charge in [0.2, 0.25) is 0 Å². The van der Waals surface area contributed by atoms with Crippen LogP contribution in [0.4, 0.5) is 0 Å². The zero-order chi connectivity index (χ0) is 22.6. The van der Waals surface area contributed by atoms with Gasteiger partial charge in [0, 0.05) is 25.7 Å². The lowest BCUT2D eigenvalue weighted by atomic mass is 9.97. The van der Waals surface area contributed by atoms with Gasteiger partial charge in [0.1, 0.15) is 0 Å². The minimum Gasteiger partial charge on any atom is -0.390 e. The molecule has 3 aromatic rings. The molecule has 0 bridgehead atoms. The molecule has 0 aliphatic rings. The second kappa shape index (κ2) is 13.2. The number of rotatable bonds is 13. The van der Waals surface area contributed by atoms with Gasteiger partial charge in [-0.05, 0) is 42.0 Å².